The molecule has 0 heterocycles. The molecule has 0 unspecified atom stereocenters. The largest absolute Gasteiger partial charge is 0.492 e. The van der Waals surface area contributed by atoms with Gasteiger partial charge in [-0.3, -0.25) is 4.79 Å². The van der Waals surface area contributed by atoms with Crippen LogP contribution in [0.25, 0.3) is 0 Å². The summed E-state index contributed by atoms with van der Waals surface area (Å²) in [6.07, 6.45) is 1.60. The Hall–Kier alpha value is -1.13. The Morgan fingerprint density at radius 3 is 2.62 bits per heavy atom. The van der Waals surface area contributed by atoms with E-state index in [1.54, 1.807) is 0 Å². The van der Waals surface area contributed by atoms with Gasteiger partial charge in [0, 0.05) is 0 Å². The van der Waals surface area contributed by atoms with E-state index < -0.39 is 6.29 Å². The van der Waals surface area contributed by atoms with E-state index in [9.17, 15) is 4.79 Å². The monoisotopic (exact) mass is 186 g/mol. The molecule has 0 amide bonds. The molecule has 0 aliphatic heterocycles. The minimum absolute atomic E-state index is 0.0551. The zero-order valence-electron chi connectivity index (χ0n) is 7.56. The van der Waals surface area contributed by atoms with Gasteiger partial charge in [-0.1, -0.05) is 12.7 Å². The van der Waals surface area contributed by atoms with Crippen LogP contribution in [0.5, 0.6) is 0 Å². The van der Waals surface area contributed by atoms with Crippen LogP contribution in [-0.2, 0) is 9.53 Å². The second-order valence-electron chi connectivity index (χ2n) is 2.54. The molecule has 0 aliphatic rings. The Kier molecular flexibility index (Phi) is 5.84. The Bertz CT molecular complexity index is 206. The number of allylic oxidation sites excluding steroid dienone is 3. The lowest BCUT2D eigenvalue weighted by Gasteiger charge is -2.09. The molecule has 0 spiro atoms. The molecule has 13 heavy (non-hydrogen) atoms. The summed E-state index contributed by atoms with van der Waals surface area (Å²) in [5, 5.41) is 17.0. The van der Waals surface area contributed by atoms with Crippen LogP contribution >= 0.6 is 0 Å². The molecule has 0 aromatic heterocycles. The minimum Gasteiger partial charge on any atom is -0.492 e. The van der Waals surface area contributed by atoms with Crippen LogP contribution in [0.15, 0.2) is 24.5 Å². The van der Waals surface area contributed by atoms with Crippen molar-refractivity contribution in [3.05, 3.63) is 24.5 Å². The Morgan fingerprint density at radius 2 is 2.23 bits per heavy atom. The Labute approximate surface area is 77.1 Å². The number of hydrogen-bond acceptors (Lipinski definition) is 4. The highest BCUT2D eigenvalue weighted by atomic mass is 16.5. The number of ketones is 1. The summed E-state index contributed by atoms with van der Waals surface area (Å²) in [6.45, 7) is 4.63. The predicted octanol–water partition coefficient (Wildman–Crippen LogP) is 0.363. The lowest BCUT2D eigenvalue weighted by molar-refractivity contribution is -0.118. The maximum Gasteiger partial charge on any atom is 0.186 e. The summed E-state index contributed by atoms with van der Waals surface area (Å²) in [7, 11) is 0. The van der Waals surface area contributed by atoms with Gasteiger partial charge in [-0.25, -0.2) is 0 Å². The summed E-state index contributed by atoms with van der Waals surface area (Å²) < 4.78 is 4.92. The van der Waals surface area contributed by atoms with Crippen molar-refractivity contribution in [1.82, 2.24) is 0 Å². The number of carbonyl (C=O) groups is 1. The first-order valence-electron chi connectivity index (χ1n) is 3.86. The second-order valence-corrected chi connectivity index (χ2v) is 2.54. The molecule has 0 aliphatic carbocycles. The van der Waals surface area contributed by atoms with E-state index in [1.165, 1.54) is 19.1 Å². The van der Waals surface area contributed by atoms with Gasteiger partial charge in [0.25, 0.3) is 0 Å². The van der Waals surface area contributed by atoms with Crippen LogP contribution in [0.1, 0.15) is 13.3 Å². The molecule has 0 saturated carbocycles. The van der Waals surface area contributed by atoms with Crippen LogP contribution in [0.2, 0.25) is 0 Å². The lowest BCUT2D eigenvalue weighted by Crippen LogP contribution is -2.14. The number of Topliss-reactive ketones (excluding diaryl/α,β-unsaturated/α-hetero) is 1. The fourth-order valence-corrected chi connectivity index (χ4v) is 0.716. The van der Waals surface area contributed by atoms with E-state index in [1.807, 2.05) is 0 Å². The number of ether oxygens (including phenoxy) is 1. The van der Waals surface area contributed by atoms with Gasteiger partial charge in [0.1, 0.15) is 18.1 Å². The molecule has 4 nitrogen and oxygen atoms in total. The molecule has 0 aromatic carbocycles. The highest BCUT2D eigenvalue weighted by Crippen LogP contribution is 2.04. The van der Waals surface area contributed by atoms with Crippen molar-refractivity contribution < 1.29 is 19.7 Å². The highest BCUT2D eigenvalue weighted by Gasteiger charge is 2.04. The first-order valence-corrected chi connectivity index (χ1v) is 3.86. The van der Waals surface area contributed by atoms with Crippen molar-refractivity contribution in [2.24, 2.45) is 0 Å². The zero-order chi connectivity index (χ0) is 10.3. The van der Waals surface area contributed by atoms with Crippen molar-refractivity contribution in [2.75, 3.05) is 6.61 Å². The average Bonchev–Trinajstić information content (AvgIpc) is 1.99. The number of aliphatic hydroxyl groups excluding tert-OH is 1. The van der Waals surface area contributed by atoms with E-state index in [2.05, 4.69) is 6.58 Å². The summed E-state index contributed by atoms with van der Waals surface area (Å²) in [6, 6.07) is 0. The maximum atomic E-state index is 10.7. The van der Waals surface area contributed by atoms with Gasteiger partial charge in [-0.2, -0.15) is 0 Å². The van der Waals surface area contributed by atoms with Crippen LogP contribution in [0, 0.1) is 0 Å². The Balaban J connectivity index is 4.03. The molecule has 0 radical (unpaired) electrons. The molecule has 0 aromatic rings. The molecular formula is C9H14O4. The topological polar surface area (TPSA) is 66.8 Å². The van der Waals surface area contributed by atoms with Gasteiger partial charge < -0.3 is 14.9 Å². The molecule has 2 N–H and O–H groups in total. The molecule has 0 bridgehead atoms. The third-order valence-corrected chi connectivity index (χ3v) is 1.14. The summed E-state index contributed by atoms with van der Waals surface area (Å²) >= 11 is 0. The van der Waals surface area contributed by atoms with Gasteiger partial charge in [0.05, 0.1) is 6.42 Å². The Morgan fingerprint density at radius 1 is 1.62 bits per heavy atom. The number of hydrogen-bond donors (Lipinski definition) is 2. The van der Waals surface area contributed by atoms with Crippen molar-refractivity contribution in [1.29, 1.82) is 0 Å². The van der Waals surface area contributed by atoms with Gasteiger partial charge in [0.15, 0.2) is 6.29 Å². The first kappa shape index (κ1) is 11.9. The number of rotatable bonds is 6. The van der Waals surface area contributed by atoms with Crippen molar-refractivity contribution in [2.45, 2.75) is 19.6 Å². The van der Waals surface area contributed by atoms with Gasteiger partial charge in [-0.05, 0) is 13.0 Å². The summed E-state index contributed by atoms with van der Waals surface area (Å²) in [5.74, 6) is 0.330. The average molecular weight is 186 g/mol. The van der Waals surface area contributed by atoms with Gasteiger partial charge in [0.2, 0.25) is 0 Å². The molecule has 0 atom stereocenters. The van der Waals surface area contributed by atoms with Crippen LogP contribution in [0.3, 0.4) is 0 Å². The standard InChI is InChI=1S/C9H14O4/c1-3-4-8(5-7(2)10)13-6-9(11)12/h3-4,9,11-12H,1,5-6H2,2H3/b8-4+. The van der Waals surface area contributed by atoms with Crippen LogP contribution < -0.4 is 0 Å². The van der Waals surface area contributed by atoms with Crippen molar-refractivity contribution >= 4 is 5.78 Å². The molecule has 0 saturated heterocycles. The maximum absolute atomic E-state index is 10.7. The highest BCUT2D eigenvalue weighted by molar-refractivity contribution is 5.77. The van der Waals surface area contributed by atoms with Crippen molar-refractivity contribution in [3.63, 3.8) is 0 Å². The molecule has 0 fully saturated rings. The van der Waals surface area contributed by atoms with E-state index >= 15 is 0 Å². The van der Waals surface area contributed by atoms with E-state index in [-0.39, 0.29) is 18.8 Å². The number of aliphatic hydroxyl groups is 2. The summed E-state index contributed by atoms with van der Waals surface area (Å²) in [4.78, 5) is 10.7. The normalized spacial score (nSPS) is 11.5. The molecule has 0 rings (SSSR count). The van der Waals surface area contributed by atoms with Crippen LogP contribution in [-0.4, -0.2) is 28.9 Å². The number of carbonyl (C=O) groups excluding carboxylic acids is 1. The fraction of sp³-hybridized carbons (Fsp3) is 0.444. The van der Waals surface area contributed by atoms with E-state index in [4.69, 9.17) is 14.9 Å². The second kappa shape index (κ2) is 6.39. The van der Waals surface area contributed by atoms with E-state index in [0.29, 0.717) is 5.76 Å². The first-order chi connectivity index (χ1) is 6.06. The third-order valence-electron chi connectivity index (χ3n) is 1.14. The zero-order valence-corrected chi connectivity index (χ0v) is 7.56. The van der Waals surface area contributed by atoms with Crippen molar-refractivity contribution in [3.8, 4) is 0 Å². The molecule has 4 heteroatoms. The minimum atomic E-state index is -1.53. The van der Waals surface area contributed by atoms with Gasteiger partial charge >= 0.3 is 0 Å². The van der Waals surface area contributed by atoms with E-state index in [0.717, 1.165) is 0 Å². The van der Waals surface area contributed by atoms with Gasteiger partial charge in [-0.15, -0.1) is 0 Å². The fourth-order valence-electron chi connectivity index (χ4n) is 0.716. The molecular weight excluding hydrogens is 172 g/mol. The lowest BCUT2D eigenvalue weighted by atomic mass is 10.2. The SMILES string of the molecule is C=C/C=C(\CC(C)=O)OCC(O)O. The van der Waals surface area contributed by atoms with Crippen LogP contribution in [0.4, 0.5) is 0 Å². The predicted molar refractivity (Wildman–Crippen MR) is 47.8 cm³/mol. The molecule has 74 valence electrons. The third kappa shape index (κ3) is 7.24. The quantitative estimate of drug-likeness (QED) is 0.357. The smallest absolute Gasteiger partial charge is 0.186 e. The summed E-state index contributed by atoms with van der Waals surface area (Å²) in [5.41, 5.74) is 0.